The van der Waals surface area contributed by atoms with Crippen molar-refractivity contribution in [1.82, 2.24) is 4.90 Å². The summed E-state index contributed by atoms with van der Waals surface area (Å²) in [6.07, 6.45) is -0.815. The number of rotatable bonds is 4. The van der Waals surface area contributed by atoms with Gasteiger partial charge in [-0.05, 0) is 54.4 Å². The molecule has 1 aromatic carbocycles. The fourth-order valence-electron chi connectivity index (χ4n) is 4.66. The highest BCUT2D eigenvalue weighted by Crippen LogP contribution is 2.46. The molecule has 28 heavy (non-hydrogen) atoms. The van der Waals surface area contributed by atoms with Crippen LogP contribution in [0.2, 0.25) is 0 Å². The number of aliphatic hydroxyl groups is 1. The summed E-state index contributed by atoms with van der Waals surface area (Å²) in [7, 11) is 1.63. The van der Waals surface area contributed by atoms with Crippen molar-refractivity contribution >= 4 is 40.3 Å². The van der Waals surface area contributed by atoms with Crippen molar-refractivity contribution in [2.75, 3.05) is 12.0 Å². The molecule has 2 bridgehead atoms. The molecule has 3 saturated heterocycles. The molecule has 8 heteroatoms. The molecule has 6 rings (SSSR count). The number of anilines is 1. The number of fused-ring (bicyclic) bond motifs is 2. The average molecular weight is 417 g/mol. The minimum absolute atomic E-state index is 0.143. The molecule has 3 aliphatic heterocycles. The zero-order valence-electron chi connectivity index (χ0n) is 15.2. The highest BCUT2D eigenvalue weighted by Gasteiger charge is 2.63. The van der Waals surface area contributed by atoms with Crippen LogP contribution in [0.15, 0.2) is 41.8 Å². The van der Waals surface area contributed by atoms with Crippen LogP contribution in [0.4, 0.5) is 5.69 Å². The summed E-state index contributed by atoms with van der Waals surface area (Å²) in [5.74, 6) is 0.120. The lowest BCUT2D eigenvalue weighted by molar-refractivity contribution is -0.194. The van der Waals surface area contributed by atoms with Crippen LogP contribution in [0.3, 0.4) is 0 Å². The summed E-state index contributed by atoms with van der Waals surface area (Å²) < 4.78 is 10.9. The normalized spacial score (nSPS) is 31.1. The van der Waals surface area contributed by atoms with Crippen LogP contribution in [0, 0.1) is 5.92 Å². The molecule has 0 amide bonds. The third-order valence-electron chi connectivity index (χ3n) is 5.90. The van der Waals surface area contributed by atoms with Crippen LogP contribution in [0.5, 0.6) is 5.75 Å². The van der Waals surface area contributed by atoms with Gasteiger partial charge in [-0.3, -0.25) is 4.79 Å². The van der Waals surface area contributed by atoms with Gasteiger partial charge in [0.15, 0.2) is 5.11 Å². The quantitative estimate of drug-likeness (QED) is 0.607. The van der Waals surface area contributed by atoms with Gasteiger partial charge in [0, 0.05) is 10.6 Å². The van der Waals surface area contributed by atoms with E-state index in [9.17, 15) is 9.90 Å². The second-order valence-corrected chi connectivity index (χ2v) is 8.75. The lowest BCUT2D eigenvalue weighted by Crippen LogP contribution is -2.66. The Balaban J connectivity index is 1.57. The van der Waals surface area contributed by atoms with Crippen LogP contribution in [0.25, 0.3) is 0 Å². The van der Waals surface area contributed by atoms with Gasteiger partial charge >= 0.3 is 5.97 Å². The maximum Gasteiger partial charge on any atom is 0.311 e. The molecule has 4 fully saturated rings. The van der Waals surface area contributed by atoms with E-state index < -0.39 is 18.1 Å². The van der Waals surface area contributed by atoms with E-state index in [2.05, 4.69) is 15.9 Å². The number of hydrogen-bond acceptors (Lipinski definition) is 6. The first-order valence-electron chi connectivity index (χ1n) is 9.23. The van der Waals surface area contributed by atoms with E-state index in [4.69, 9.17) is 21.7 Å². The lowest BCUT2D eigenvalue weighted by Gasteiger charge is -2.49. The summed E-state index contributed by atoms with van der Waals surface area (Å²) in [6.45, 7) is 0.637. The van der Waals surface area contributed by atoms with Gasteiger partial charge in [-0.25, -0.2) is 0 Å². The average Bonchev–Trinajstić information content (AvgIpc) is 3.31. The zero-order valence-corrected chi connectivity index (χ0v) is 16.9. The van der Waals surface area contributed by atoms with Gasteiger partial charge in [0.1, 0.15) is 11.9 Å². The van der Waals surface area contributed by atoms with Crippen molar-refractivity contribution in [2.24, 2.45) is 5.92 Å². The van der Waals surface area contributed by atoms with Gasteiger partial charge < -0.3 is 24.4 Å². The lowest BCUT2D eigenvalue weighted by atomic mass is 9.74. The van der Waals surface area contributed by atoms with Crippen LogP contribution in [-0.2, 0) is 16.1 Å². The molecular formula is C20H20N2O4S2. The van der Waals surface area contributed by atoms with E-state index in [-0.39, 0.29) is 18.1 Å². The third kappa shape index (κ3) is 2.62. The summed E-state index contributed by atoms with van der Waals surface area (Å²) in [5, 5.41) is 13.2. The van der Waals surface area contributed by atoms with Crippen LogP contribution < -0.4 is 9.64 Å². The molecule has 1 aromatic heterocycles. The molecule has 4 aliphatic rings. The van der Waals surface area contributed by atoms with Crippen molar-refractivity contribution in [3.05, 3.63) is 46.7 Å². The number of thiophene rings is 1. The Morgan fingerprint density at radius 2 is 2.07 bits per heavy atom. The largest absolute Gasteiger partial charge is 0.497 e. The molecule has 1 N–H and O–H groups in total. The van der Waals surface area contributed by atoms with E-state index >= 15 is 0 Å². The number of esters is 1. The van der Waals surface area contributed by atoms with Gasteiger partial charge in [0.2, 0.25) is 0 Å². The van der Waals surface area contributed by atoms with Gasteiger partial charge in [0.25, 0.3) is 0 Å². The van der Waals surface area contributed by atoms with Gasteiger partial charge in [0.05, 0.1) is 37.8 Å². The van der Waals surface area contributed by atoms with E-state index in [0.717, 1.165) is 11.4 Å². The Morgan fingerprint density at radius 3 is 2.75 bits per heavy atom. The highest BCUT2D eigenvalue weighted by molar-refractivity contribution is 7.80. The Bertz CT molecular complexity index is 901. The van der Waals surface area contributed by atoms with Crippen molar-refractivity contribution in [3.63, 3.8) is 0 Å². The van der Waals surface area contributed by atoms with Crippen molar-refractivity contribution < 1.29 is 19.4 Å². The Kier molecular flexibility index (Phi) is 4.30. The van der Waals surface area contributed by atoms with Crippen LogP contribution >= 0.6 is 23.6 Å². The second kappa shape index (κ2) is 6.72. The predicted octanol–water partition coefficient (Wildman–Crippen LogP) is 2.41. The second-order valence-electron chi connectivity index (χ2n) is 7.35. The van der Waals surface area contributed by atoms with E-state index in [1.54, 1.807) is 18.4 Å². The molecule has 1 saturated carbocycles. The number of ether oxygens (including phenoxy) is 2. The first-order chi connectivity index (χ1) is 13.6. The van der Waals surface area contributed by atoms with E-state index in [1.165, 1.54) is 4.88 Å². The topological polar surface area (TPSA) is 62.2 Å². The third-order valence-corrected chi connectivity index (χ3v) is 7.19. The van der Waals surface area contributed by atoms with Crippen LogP contribution in [-0.4, -0.2) is 52.5 Å². The molecule has 146 valence electrons. The molecule has 6 nitrogen and oxygen atoms in total. The minimum atomic E-state index is -0.659. The highest BCUT2D eigenvalue weighted by atomic mass is 32.1. The molecule has 4 heterocycles. The number of hydrogen-bond donors (Lipinski definition) is 1. The summed E-state index contributed by atoms with van der Waals surface area (Å²) in [5.41, 5.74) is 0.921. The monoisotopic (exact) mass is 416 g/mol. The first kappa shape index (κ1) is 17.9. The fourth-order valence-corrected chi connectivity index (χ4v) is 5.77. The maximum atomic E-state index is 12.5. The number of carbonyl (C=O) groups excluding carboxylic acids is 1. The van der Waals surface area contributed by atoms with Gasteiger partial charge in [-0.1, -0.05) is 6.07 Å². The number of nitrogens with zero attached hydrogens (tertiary/aromatic N) is 2. The standard InChI is InChI=1S/C20H20N2O4S2/c1-25-12-6-4-11(5-7-12)22-16-14-9-15(23)18(26-19(14)24)17(16)21(20(22)27)10-13-3-2-8-28-13/h2-8,14-18,23H,9-10H2,1H3/t14-,15+,16-,17+,18-/m0/s1. The summed E-state index contributed by atoms with van der Waals surface area (Å²) in [6, 6.07) is 11.5. The number of carbonyl (C=O) groups is 1. The van der Waals surface area contributed by atoms with E-state index in [1.807, 2.05) is 35.7 Å². The molecule has 0 unspecified atom stereocenters. The first-order valence-corrected chi connectivity index (χ1v) is 10.5. The number of benzene rings is 1. The molecule has 1 aliphatic carbocycles. The minimum Gasteiger partial charge on any atom is -0.497 e. The summed E-state index contributed by atoms with van der Waals surface area (Å²) in [4.78, 5) is 17.9. The Labute approximate surface area is 172 Å². The number of aliphatic hydroxyl groups excluding tert-OH is 1. The molecule has 2 aromatic rings. The smallest absolute Gasteiger partial charge is 0.311 e. The molecule has 0 radical (unpaired) electrons. The zero-order chi connectivity index (χ0) is 19.4. The van der Waals surface area contributed by atoms with Crippen LogP contribution in [0.1, 0.15) is 11.3 Å². The molecular weight excluding hydrogens is 396 g/mol. The number of methoxy groups -OCH3 is 1. The fraction of sp³-hybridized carbons (Fsp3) is 0.400. The molecule has 5 atom stereocenters. The van der Waals surface area contributed by atoms with Gasteiger partial charge in [-0.2, -0.15) is 0 Å². The SMILES string of the molecule is COc1ccc(N2C(=S)N(Cc3cccs3)[C@H]3[C@H]4OC(=O)[C@@H](C[C@H]4O)[C@@H]32)cc1. The number of thiocarbonyl (C=S) groups is 1. The maximum absolute atomic E-state index is 12.5. The Morgan fingerprint density at radius 1 is 1.29 bits per heavy atom. The summed E-state index contributed by atoms with van der Waals surface area (Å²) >= 11 is 7.55. The van der Waals surface area contributed by atoms with Crippen molar-refractivity contribution in [1.29, 1.82) is 0 Å². The predicted molar refractivity (Wildman–Crippen MR) is 110 cm³/mol. The van der Waals surface area contributed by atoms with Crippen molar-refractivity contribution in [2.45, 2.75) is 37.3 Å². The van der Waals surface area contributed by atoms with Crippen molar-refractivity contribution in [3.8, 4) is 5.75 Å². The molecule has 0 spiro atoms. The Hall–Kier alpha value is -2.16. The van der Waals surface area contributed by atoms with E-state index in [0.29, 0.717) is 18.1 Å². The van der Waals surface area contributed by atoms with Gasteiger partial charge in [-0.15, -0.1) is 11.3 Å².